The van der Waals surface area contributed by atoms with Gasteiger partial charge >= 0.3 is 0 Å². The van der Waals surface area contributed by atoms with E-state index in [1.165, 1.54) is 6.20 Å². The molecule has 1 saturated carbocycles. The summed E-state index contributed by atoms with van der Waals surface area (Å²) >= 11 is 0. The van der Waals surface area contributed by atoms with Crippen molar-refractivity contribution in [2.24, 2.45) is 10.9 Å². The fourth-order valence-electron chi connectivity index (χ4n) is 5.96. The van der Waals surface area contributed by atoms with Crippen LogP contribution in [0.4, 0.5) is 8.78 Å². The third kappa shape index (κ3) is 5.05. The van der Waals surface area contributed by atoms with Crippen molar-refractivity contribution in [3.8, 4) is 0 Å². The molecule has 4 aliphatic rings. The summed E-state index contributed by atoms with van der Waals surface area (Å²) in [7, 11) is 1.70. The summed E-state index contributed by atoms with van der Waals surface area (Å²) in [5, 5.41) is 4.44. The number of allylic oxidation sites excluding steroid dienone is 2. The largest absolute Gasteiger partial charge is 0.385 e. The molecule has 10 heteroatoms. The number of hydrogen-bond acceptors (Lipinski definition) is 5. The number of halogens is 2. The van der Waals surface area contributed by atoms with E-state index in [-0.39, 0.29) is 36.7 Å². The summed E-state index contributed by atoms with van der Waals surface area (Å²) < 4.78 is 34.5. The third-order valence-corrected chi connectivity index (χ3v) is 8.14. The molecule has 2 fully saturated rings. The van der Waals surface area contributed by atoms with E-state index in [0.29, 0.717) is 48.5 Å². The average molecular weight is 516 g/mol. The molecule has 0 spiro atoms. The molecule has 1 aromatic heterocycles. The van der Waals surface area contributed by atoms with Gasteiger partial charge in [-0.05, 0) is 39.2 Å². The lowest BCUT2D eigenvalue weighted by Gasteiger charge is -2.41. The van der Waals surface area contributed by atoms with Gasteiger partial charge in [0.1, 0.15) is 0 Å². The molecule has 2 atom stereocenters. The first-order valence-corrected chi connectivity index (χ1v) is 13.2. The van der Waals surface area contributed by atoms with Crippen molar-refractivity contribution in [3.05, 3.63) is 35.2 Å². The summed E-state index contributed by atoms with van der Waals surface area (Å²) in [6.07, 6.45) is 6.34. The summed E-state index contributed by atoms with van der Waals surface area (Å²) in [5.41, 5.74) is 3.01. The quantitative estimate of drug-likeness (QED) is 0.539. The molecule has 5 rings (SSSR count). The minimum atomic E-state index is -2.65. The molecule has 8 nitrogen and oxygen atoms in total. The summed E-state index contributed by atoms with van der Waals surface area (Å²) in [5.74, 6) is -3.48. The SMILES string of the molecule is COCCCN1CCN(C(=O)C2C=C3C(=NC(=O)c4cnn(C5CCC(F)(F)CC5)c43)C=C2C)C[C@@H]1C. The highest BCUT2D eigenvalue weighted by atomic mass is 19.3. The lowest BCUT2D eigenvalue weighted by atomic mass is 9.84. The van der Waals surface area contributed by atoms with Crippen LogP contribution in [-0.2, 0) is 9.53 Å². The molecule has 0 bridgehead atoms. The lowest BCUT2D eigenvalue weighted by molar-refractivity contribution is -0.135. The first kappa shape index (κ1) is 25.9. The van der Waals surface area contributed by atoms with Crippen molar-refractivity contribution >= 4 is 23.1 Å². The van der Waals surface area contributed by atoms with Crippen LogP contribution in [0.2, 0.25) is 0 Å². The van der Waals surface area contributed by atoms with Crippen molar-refractivity contribution < 1.29 is 23.1 Å². The Morgan fingerprint density at radius 3 is 2.70 bits per heavy atom. The van der Waals surface area contributed by atoms with Gasteiger partial charge in [0.2, 0.25) is 11.8 Å². The average Bonchev–Trinajstić information content (AvgIpc) is 3.30. The normalized spacial score (nSPS) is 26.2. The van der Waals surface area contributed by atoms with E-state index < -0.39 is 11.8 Å². The molecule has 2 amide bonds. The van der Waals surface area contributed by atoms with Crippen LogP contribution in [0.1, 0.15) is 68.0 Å². The van der Waals surface area contributed by atoms with Gasteiger partial charge in [0.25, 0.3) is 5.91 Å². The van der Waals surface area contributed by atoms with Crippen LogP contribution in [0.15, 0.2) is 28.9 Å². The van der Waals surface area contributed by atoms with E-state index in [0.717, 1.165) is 31.7 Å². The van der Waals surface area contributed by atoms with Gasteiger partial charge < -0.3 is 9.64 Å². The van der Waals surface area contributed by atoms with Crippen LogP contribution >= 0.6 is 0 Å². The number of aromatic nitrogens is 2. The number of methoxy groups -OCH3 is 1. The highest BCUT2D eigenvalue weighted by Crippen LogP contribution is 2.41. The molecule has 200 valence electrons. The second-order valence-electron chi connectivity index (χ2n) is 10.7. The molecule has 1 aromatic rings. The molecule has 37 heavy (non-hydrogen) atoms. The van der Waals surface area contributed by atoms with E-state index in [1.54, 1.807) is 11.8 Å². The van der Waals surface area contributed by atoms with E-state index in [1.807, 2.05) is 24.0 Å². The fourth-order valence-corrected chi connectivity index (χ4v) is 5.96. The van der Waals surface area contributed by atoms with Gasteiger partial charge in [-0.2, -0.15) is 5.10 Å². The Morgan fingerprint density at radius 1 is 1.24 bits per heavy atom. The summed E-state index contributed by atoms with van der Waals surface area (Å²) in [6, 6.07) is 0.0293. The number of piperazine rings is 1. The summed E-state index contributed by atoms with van der Waals surface area (Å²) in [4.78, 5) is 35.1. The van der Waals surface area contributed by atoms with Crippen molar-refractivity contribution in [1.29, 1.82) is 0 Å². The molecule has 2 aliphatic carbocycles. The monoisotopic (exact) mass is 515 g/mol. The van der Waals surface area contributed by atoms with E-state index in [2.05, 4.69) is 21.9 Å². The first-order valence-electron chi connectivity index (χ1n) is 13.2. The highest BCUT2D eigenvalue weighted by molar-refractivity contribution is 6.36. The minimum Gasteiger partial charge on any atom is -0.385 e. The summed E-state index contributed by atoms with van der Waals surface area (Å²) in [6.45, 7) is 7.82. The van der Waals surface area contributed by atoms with E-state index >= 15 is 0 Å². The Bertz CT molecular complexity index is 1160. The zero-order valence-corrected chi connectivity index (χ0v) is 21.8. The number of aliphatic imine (C=N–C) groups is 1. The first-order chi connectivity index (χ1) is 17.7. The fraction of sp³-hybridized carbons (Fsp3) is 0.630. The smallest absolute Gasteiger partial charge is 0.281 e. The molecule has 1 saturated heterocycles. The van der Waals surface area contributed by atoms with E-state index in [4.69, 9.17) is 4.74 Å². The third-order valence-electron chi connectivity index (χ3n) is 8.14. The van der Waals surface area contributed by atoms with Gasteiger partial charge in [-0.3, -0.25) is 19.2 Å². The zero-order chi connectivity index (χ0) is 26.3. The van der Waals surface area contributed by atoms with Crippen LogP contribution in [0.25, 0.3) is 5.57 Å². The highest BCUT2D eigenvalue weighted by Gasteiger charge is 2.40. The van der Waals surface area contributed by atoms with Crippen LogP contribution in [-0.4, -0.2) is 89.0 Å². The molecule has 1 unspecified atom stereocenters. The Kier molecular flexibility index (Phi) is 7.15. The van der Waals surface area contributed by atoms with Crippen molar-refractivity contribution in [1.82, 2.24) is 19.6 Å². The van der Waals surface area contributed by atoms with Crippen molar-refractivity contribution in [2.75, 3.05) is 39.9 Å². The minimum absolute atomic E-state index is 0.0329. The van der Waals surface area contributed by atoms with E-state index in [9.17, 15) is 18.4 Å². The predicted octanol–water partition coefficient (Wildman–Crippen LogP) is 3.76. The van der Waals surface area contributed by atoms with Gasteiger partial charge in [-0.1, -0.05) is 11.6 Å². The number of ether oxygens (including phenoxy) is 1. The van der Waals surface area contributed by atoms with Crippen molar-refractivity contribution in [2.45, 2.75) is 64.0 Å². The maximum absolute atomic E-state index is 13.8. The topological polar surface area (TPSA) is 80.0 Å². The number of alkyl halides is 2. The molecule has 2 aliphatic heterocycles. The van der Waals surface area contributed by atoms with Gasteiger partial charge in [-0.15, -0.1) is 0 Å². The molecule has 3 heterocycles. The van der Waals surface area contributed by atoms with Crippen LogP contribution < -0.4 is 0 Å². The Morgan fingerprint density at radius 2 is 2.00 bits per heavy atom. The maximum atomic E-state index is 13.8. The predicted molar refractivity (Wildman–Crippen MR) is 136 cm³/mol. The van der Waals surface area contributed by atoms with Gasteiger partial charge in [0.15, 0.2) is 0 Å². The number of nitrogens with zero attached hydrogens (tertiary/aromatic N) is 5. The second kappa shape index (κ2) is 10.2. The Balaban J connectivity index is 1.38. The second-order valence-corrected chi connectivity index (χ2v) is 10.7. The molecular formula is C27H35F2N5O3. The number of amides is 2. The lowest BCUT2D eigenvalue weighted by Crippen LogP contribution is -2.55. The maximum Gasteiger partial charge on any atom is 0.281 e. The number of carbonyl (C=O) groups excluding carboxylic acids is 2. The molecule has 0 aromatic carbocycles. The zero-order valence-electron chi connectivity index (χ0n) is 21.8. The van der Waals surface area contributed by atoms with Crippen LogP contribution in [0.3, 0.4) is 0 Å². The molecule has 0 radical (unpaired) electrons. The number of hydrogen-bond donors (Lipinski definition) is 0. The molecule has 0 N–H and O–H groups in total. The standard InChI is InChI=1S/C27H35F2N5O3/c1-17-13-23-21(14-20(17)26(36)33-11-10-32(18(2)16-33)9-4-12-37-3)24-22(25(35)31-23)15-30-34(24)19-5-7-27(28,29)8-6-19/h13-15,18-20H,4-12,16H2,1-3H3/t18-,20?/m0/s1. The number of rotatable bonds is 6. The number of fused-ring (bicyclic) bond motifs is 3. The van der Waals surface area contributed by atoms with Gasteiger partial charge in [0.05, 0.1) is 35.1 Å². The Labute approximate surface area is 216 Å². The van der Waals surface area contributed by atoms with Crippen LogP contribution in [0, 0.1) is 5.92 Å². The van der Waals surface area contributed by atoms with Crippen LogP contribution in [0.5, 0.6) is 0 Å². The van der Waals surface area contributed by atoms with Gasteiger partial charge in [0, 0.05) is 64.4 Å². The van der Waals surface area contributed by atoms with Crippen molar-refractivity contribution in [3.63, 3.8) is 0 Å². The molecular weight excluding hydrogens is 480 g/mol. The van der Waals surface area contributed by atoms with Gasteiger partial charge in [-0.25, -0.2) is 13.8 Å². The Hall–Kier alpha value is -2.72. The number of carbonyl (C=O) groups is 2.